The zero-order valence-corrected chi connectivity index (χ0v) is 9.25. The zero-order chi connectivity index (χ0) is 9.68. The van der Waals surface area contributed by atoms with E-state index in [9.17, 15) is 4.79 Å². The van der Waals surface area contributed by atoms with Crippen LogP contribution in [0.5, 0.6) is 0 Å². The number of hydrogen-bond donors (Lipinski definition) is 0. The second kappa shape index (κ2) is 5.18. The van der Waals surface area contributed by atoms with Gasteiger partial charge in [-0.05, 0) is 24.5 Å². The summed E-state index contributed by atoms with van der Waals surface area (Å²) in [4.78, 5) is 10.6. The van der Waals surface area contributed by atoms with E-state index in [1.165, 1.54) is 5.56 Å². The Balaban J connectivity index is 2.73. The highest BCUT2D eigenvalue weighted by molar-refractivity contribution is 9.10. The van der Waals surface area contributed by atoms with Gasteiger partial charge in [0.25, 0.3) is 0 Å². The number of benzene rings is 1. The molecule has 1 atom stereocenters. The Morgan fingerprint density at radius 3 is 2.69 bits per heavy atom. The van der Waals surface area contributed by atoms with Crippen molar-refractivity contribution < 1.29 is 4.79 Å². The van der Waals surface area contributed by atoms with Crippen molar-refractivity contribution in [2.45, 2.75) is 19.8 Å². The molecule has 70 valence electrons. The van der Waals surface area contributed by atoms with Crippen molar-refractivity contribution in [3.63, 3.8) is 0 Å². The quantitative estimate of drug-likeness (QED) is 0.739. The van der Waals surface area contributed by atoms with E-state index in [-0.39, 0.29) is 5.92 Å². The minimum Gasteiger partial charge on any atom is -0.303 e. The number of rotatable bonds is 4. The lowest BCUT2D eigenvalue weighted by molar-refractivity contribution is -0.111. The molecular weight excluding hydrogens is 228 g/mol. The van der Waals surface area contributed by atoms with E-state index >= 15 is 0 Å². The van der Waals surface area contributed by atoms with Crippen LogP contribution in [0.2, 0.25) is 0 Å². The van der Waals surface area contributed by atoms with E-state index in [1.807, 2.05) is 25.1 Å². The van der Waals surface area contributed by atoms with Gasteiger partial charge in [-0.3, -0.25) is 0 Å². The van der Waals surface area contributed by atoms with E-state index in [0.29, 0.717) is 0 Å². The summed E-state index contributed by atoms with van der Waals surface area (Å²) in [6.07, 6.45) is 2.78. The molecule has 0 aliphatic carbocycles. The van der Waals surface area contributed by atoms with Crippen molar-refractivity contribution in [2.75, 3.05) is 0 Å². The fraction of sp³-hybridized carbons (Fsp3) is 0.364. The van der Waals surface area contributed by atoms with Crippen LogP contribution in [0.25, 0.3) is 0 Å². The van der Waals surface area contributed by atoms with E-state index < -0.39 is 0 Å². The van der Waals surface area contributed by atoms with Gasteiger partial charge in [-0.25, -0.2) is 0 Å². The van der Waals surface area contributed by atoms with Gasteiger partial charge in [0.2, 0.25) is 0 Å². The lowest BCUT2D eigenvalue weighted by Crippen LogP contribution is -2.04. The van der Waals surface area contributed by atoms with Gasteiger partial charge >= 0.3 is 0 Å². The molecule has 0 saturated heterocycles. The third kappa shape index (κ3) is 2.96. The molecule has 1 aromatic carbocycles. The molecular formula is C11H13BrO. The minimum atomic E-state index is 0.152. The monoisotopic (exact) mass is 240 g/mol. The largest absolute Gasteiger partial charge is 0.303 e. The molecule has 1 unspecified atom stereocenters. The van der Waals surface area contributed by atoms with Gasteiger partial charge in [0.1, 0.15) is 6.29 Å². The first-order chi connectivity index (χ1) is 6.27. The van der Waals surface area contributed by atoms with Crippen LogP contribution in [-0.4, -0.2) is 6.29 Å². The second-order valence-corrected chi connectivity index (χ2v) is 3.95. The van der Waals surface area contributed by atoms with Crippen molar-refractivity contribution in [3.8, 4) is 0 Å². The van der Waals surface area contributed by atoms with Gasteiger partial charge in [0, 0.05) is 10.4 Å². The third-order valence-corrected chi connectivity index (χ3v) is 2.93. The summed E-state index contributed by atoms with van der Waals surface area (Å²) in [6.45, 7) is 2.04. The Kier molecular flexibility index (Phi) is 4.16. The second-order valence-electron chi connectivity index (χ2n) is 3.10. The molecule has 0 N–H and O–H groups in total. The summed E-state index contributed by atoms with van der Waals surface area (Å²) in [7, 11) is 0. The smallest absolute Gasteiger partial charge is 0.123 e. The fourth-order valence-electron chi connectivity index (χ4n) is 1.24. The number of halogens is 1. The van der Waals surface area contributed by atoms with Crippen molar-refractivity contribution >= 4 is 22.2 Å². The van der Waals surface area contributed by atoms with E-state index in [2.05, 4.69) is 22.0 Å². The SMILES string of the molecule is CCC(C=O)Cc1ccccc1Br. The van der Waals surface area contributed by atoms with Crippen molar-refractivity contribution in [1.82, 2.24) is 0 Å². The average Bonchev–Trinajstić information content (AvgIpc) is 2.17. The number of aldehydes is 1. The average molecular weight is 241 g/mol. The van der Waals surface area contributed by atoms with E-state index in [4.69, 9.17) is 0 Å². The van der Waals surface area contributed by atoms with Gasteiger partial charge in [0.05, 0.1) is 0 Å². The van der Waals surface area contributed by atoms with Crippen LogP contribution in [0.3, 0.4) is 0 Å². The zero-order valence-electron chi connectivity index (χ0n) is 7.66. The van der Waals surface area contributed by atoms with Crippen molar-refractivity contribution in [2.24, 2.45) is 5.92 Å². The van der Waals surface area contributed by atoms with Crippen LogP contribution in [0.15, 0.2) is 28.7 Å². The van der Waals surface area contributed by atoms with Gasteiger partial charge in [0.15, 0.2) is 0 Å². The third-order valence-electron chi connectivity index (χ3n) is 2.16. The molecule has 0 aromatic heterocycles. The molecule has 0 saturated carbocycles. The molecule has 13 heavy (non-hydrogen) atoms. The van der Waals surface area contributed by atoms with Crippen molar-refractivity contribution in [3.05, 3.63) is 34.3 Å². The summed E-state index contributed by atoms with van der Waals surface area (Å²) in [5.74, 6) is 0.152. The lowest BCUT2D eigenvalue weighted by atomic mass is 9.99. The first kappa shape index (κ1) is 10.5. The predicted octanol–water partition coefficient (Wildman–Crippen LogP) is 3.22. The Hall–Kier alpha value is -0.630. The van der Waals surface area contributed by atoms with Crippen molar-refractivity contribution in [1.29, 1.82) is 0 Å². The molecule has 2 heteroatoms. The Labute approximate surface area is 87.3 Å². The van der Waals surface area contributed by atoms with Crippen LogP contribution in [-0.2, 0) is 11.2 Å². The normalized spacial score (nSPS) is 12.5. The van der Waals surface area contributed by atoms with Crippen LogP contribution < -0.4 is 0 Å². The molecule has 0 aliphatic heterocycles. The summed E-state index contributed by atoms with van der Waals surface area (Å²) in [6, 6.07) is 8.04. The lowest BCUT2D eigenvalue weighted by Gasteiger charge is -2.08. The highest BCUT2D eigenvalue weighted by Crippen LogP contribution is 2.19. The maximum Gasteiger partial charge on any atom is 0.123 e. The van der Waals surface area contributed by atoms with Crippen LogP contribution in [0, 0.1) is 5.92 Å². The number of hydrogen-bond acceptors (Lipinski definition) is 1. The van der Waals surface area contributed by atoms with Crippen LogP contribution in [0.4, 0.5) is 0 Å². The molecule has 1 aromatic rings. The Morgan fingerprint density at radius 2 is 2.15 bits per heavy atom. The van der Waals surface area contributed by atoms with Gasteiger partial charge < -0.3 is 4.79 Å². The first-order valence-corrected chi connectivity index (χ1v) is 5.26. The summed E-state index contributed by atoms with van der Waals surface area (Å²) >= 11 is 3.47. The maximum atomic E-state index is 10.6. The number of carbonyl (C=O) groups is 1. The summed E-state index contributed by atoms with van der Waals surface area (Å²) in [5, 5.41) is 0. The topological polar surface area (TPSA) is 17.1 Å². The molecule has 0 fully saturated rings. The van der Waals surface area contributed by atoms with Crippen LogP contribution >= 0.6 is 15.9 Å². The molecule has 0 aliphatic rings. The molecule has 0 bridgehead atoms. The van der Waals surface area contributed by atoms with Gasteiger partial charge in [-0.1, -0.05) is 41.1 Å². The fourth-order valence-corrected chi connectivity index (χ4v) is 1.68. The summed E-state index contributed by atoms with van der Waals surface area (Å²) in [5.41, 5.74) is 1.21. The summed E-state index contributed by atoms with van der Waals surface area (Å²) < 4.78 is 1.09. The molecule has 0 spiro atoms. The molecule has 1 rings (SSSR count). The predicted molar refractivity (Wildman–Crippen MR) is 57.7 cm³/mol. The molecule has 1 nitrogen and oxygen atoms in total. The maximum absolute atomic E-state index is 10.6. The minimum absolute atomic E-state index is 0.152. The standard InChI is InChI=1S/C11H13BrO/c1-2-9(8-13)7-10-5-3-4-6-11(10)12/h3-6,8-9H,2,7H2,1H3. The highest BCUT2D eigenvalue weighted by atomic mass is 79.9. The van der Waals surface area contributed by atoms with E-state index in [1.54, 1.807) is 0 Å². The first-order valence-electron chi connectivity index (χ1n) is 4.46. The highest BCUT2D eigenvalue weighted by Gasteiger charge is 2.07. The Morgan fingerprint density at radius 1 is 1.46 bits per heavy atom. The molecule has 0 radical (unpaired) electrons. The van der Waals surface area contributed by atoms with Gasteiger partial charge in [-0.2, -0.15) is 0 Å². The molecule has 0 heterocycles. The molecule has 0 amide bonds. The van der Waals surface area contributed by atoms with Crippen LogP contribution in [0.1, 0.15) is 18.9 Å². The van der Waals surface area contributed by atoms with E-state index in [0.717, 1.165) is 23.6 Å². The van der Waals surface area contributed by atoms with Gasteiger partial charge in [-0.15, -0.1) is 0 Å². The number of carbonyl (C=O) groups excluding carboxylic acids is 1. The Bertz CT molecular complexity index is 283.